The average molecular weight is 499 g/mol. The van der Waals surface area contributed by atoms with Crippen LogP contribution in [0.5, 0.6) is 0 Å². The van der Waals surface area contributed by atoms with Gasteiger partial charge in [0.15, 0.2) is 6.61 Å². The Morgan fingerprint density at radius 3 is 2.32 bits per heavy atom. The van der Waals surface area contributed by atoms with Gasteiger partial charge < -0.3 is 14.2 Å². The molecule has 0 saturated carbocycles. The molecule has 1 atom stereocenters. The summed E-state index contributed by atoms with van der Waals surface area (Å²) in [5.74, 6) is -1.60. The number of carbonyl (C=O) groups is 3. The van der Waals surface area contributed by atoms with Gasteiger partial charge in [-0.1, -0.05) is 40.9 Å². The highest BCUT2D eigenvalue weighted by Gasteiger charge is 2.36. The molecule has 1 fully saturated rings. The number of aromatic nitrogens is 1. The molecular formula is C26H24Cl2N2O4. The van der Waals surface area contributed by atoms with Crippen molar-refractivity contribution in [1.82, 2.24) is 4.57 Å². The van der Waals surface area contributed by atoms with Crippen molar-refractivity contribution in [2.75, 3.05) is 18.1 Å². The van der Waals surface area contributed by atoms with E-state index in [4.69, 9.17) is 27.9 Å². The zero-order valence-corrected chi connectivity index (χ0v) is 20.6. The van der Waals surface area contributed by atoms with Gasteiger partial charge in [-0.2, -0.15) is 0 Å². The SMILES string of the molecule is Cc1ccc(N2CC(C(=O)OCC(=O)c3cc(C)n(-c4ccc(Cl)c(Cl)c4)c3C)CC2=O)cc1. The van der Waals surface area contributed by atoms with Gasteiger partial charge in [0.05, 0.1) is 16.0 Å². The number of nitrogens with zero attached hydrogens (tertiary/aromatic N) is 2. The Kier molecular flexibility index (Phi) is 6.82. The van der Waals surface area contributed by atoms with Crippen molar-refractivity contribution in [2.24, 2.45) is 5.92 Å². The van der Waals surface area contributed by atoms with Gasteiger partial charge in [-0.15, -0.1) is 0 Å². The molecule has 1 aromatic heterocycles. The third-order valence-corrected chi connectivity index (χ3v) is 6.78. The number of Topliss-reactive ketones (excluding diaryl/α,β-unsaturated/α-hetero) is 1. The molecule has 1 aliphatic heterocycles. The summed E-state index contributed by atoms with van der Waals surface area (Å²) in [6.45, 7) is 5.51. The fourth-order valence-electron chi connectivity index (χ4n) is 4.24. The van der Waals surface area contributed by atoms with Crippen LogP contribution in [0.15, 0.2) is 48.5 Å². The van der Waals surface area contributed by atoms with E-state index in [0.29, 0.717) is 21.3 Å². The third kappa shape index (κ3) is 4.74. The molecule has 2 aromatic carbocycles. The predicted molar refractivity (Wildman–Crippen MR) is 132 cm³/mol. The first kappa shape index (κ1) is 24.0. The van der Waals surface area contributed by atoms with Crippen molar-refractivity contribution in [3.8, 4) is 5.69 Å². The number of carbonyl (C=O) groups excluding carboxylic acids is 3. The first-order valence-electron chi connectivity index (χ1n) is 10.9. The van der Waals surface area contributed by atoms with E-state index in [-0.39, 0.29) is 31.3 Å². The number of rotatable bonds is 6. The van der Waals surface area contributed by atoms with E-state index in [0.717, 1.165) is 22.6 Å². The van der Waals surface area contributed by atoms with Gasteiger partial charge in [0.25, 0.3) is 0 Å². The second-order valence-electron chi connectivity index (χ2n) is 8.49. The number of amides is 1. The van der Waals surface area contributed by atoms with Crippen LogP contribution in [-0.2, 0) is 14.3 Å². The van der Waals surface area contributed by atoms with Crippen molar-refractivity contribution in [3.63, 3.8) is 0 Å². The number of benzene rings is 2. The smallest absolute Gasteiger partial charge is 0.311 e. The van der Waals surface area contributed by atoms with E-state index in [1.54, 1.807) is 23.1 Å². The average Bonchev–Trinajstić information content (AvgIpc) is 3.33. The first-order valence-corrected chi connectivity index (χ1v) is 11.6. The van der Waals surface area contributed by atoms with Crippen LogP contribution in [0, 0.1) is 26.7 Å². The lowest BCUT2D eigenvalue weighted by atomic mass is 10.1. The summed E-state index contributed by atoms with van der Waals surface area (Å²) in [6, 6.07) is 14.6. The third-order valence-electron chi connectivity index (χ3n) is 6.04. The topological polar surface area (TPSA) is 68.6 Å². The highest BCUT2D eigenvalue weighted by molar-refractivity contribution is 6.42. The summed E-state index contributed by atoms with van der Waals surface area (Å²) in [7, 11) is 0. The van der Waals surface area contributed by atoms with E-state index >= 15 is 0 Å². The maximum Gasteiger partial charge on any atom is 0.311 e. The molecule has 0 spiro atoms. The van der Waals surface area contributed by atoms with Gasteiger partial charge in [-0.3, -0.25) is 14.4 Å². The molecule has 4 rings (SSSR count). The summed E-state index contributed by atoms with van der Waals surface area (Å²) in [6.07, 6.45) is 0.0622. The van der Waals surface area contributed by atoms with Crippen molar-refractivity contribution in [3.05, 3.63) is 81.1 Å². The number of hydrogen-bond donors (Lipinski definition) is 0. The second-order valence-corrected chi connectivity index (χ2v) is 9.30. The summed E-state index contributed by atoms with van der Waals surface area (Å²) in [5, 5.41) is 0.863. The van der Waals surface area contributed by atoms with Gasteiger partial charge in [0.1, 0.15) is 0 Å². The minimum absolute atomic E-state index is 0.0622. The van der Waals surface area contributed by atoms with Gasteiger partial charge >= 0.3 is 5.97 Å². The molecule has 0 radical (unpaired) electrons. The lowest BCUT2D eigenvalue weighted by Crippen LogP contribution is -2.27. The summed E-state index contributed by atoms with van der Waals surface area (Å²) in [4.78, 5) is 39.5. The van der Waals surface area contributed by atoms with Crippen molar-refractivity contribution >= 4 is 46.5 Å². The molecular weight excluding hydrogens is 475 g/mol. The molecule has 34 heavy (non-hydrogen) atoms. The van der Waals surface area contributed by atoms with Crippen LogP contribution in [-0.4, -0.2) is 35.4 Å². The Labute approximate surface area is 208 Å². The molecule has 8 heteroatoms. The van der Waals surface area contributed by atoms with Gasteiger partial charge in [0, 0.05) is 41.3 Å². The van der Waals surface area contributed by atoms with Crippen molar-refractivity contribution in [2.45, 2.75) is 27.2 Å². The van der Waals surface area contributed by atoms with Crippen LogP contribution in [0.1, 0.15) is 33.7 Å². The Balaban J connectivity index is 1.42. The normalized spacial score (nSPS) is 15.6. The molecule has 0 bridgehead atoms. The lowest BCUT2D eigenvalue weighted by Gasteiger charge is -2.16. The molecule has 1 unspecified atom stereocenters. The second kappa shape index (κ2) is 9.65. The van der Waals surface area contributed by atoms with E-state index in [2.05, 4.69) is 0 Å². The van der Waals surface area contributed by atoms with E-state index < -0.39 is 11.9 Å². The van der Waals surface area contributed by atoms with Crippen LogP contribution in [0.2, 0.25) is 10.0 Å². The molecule has 0 aliphatic carbocycles. The Morgan fingerprint density at radius 1 is 0.971 bits per heavy atom. The Bertz CT molecular complexity index is 1280. The fraction of sp³-hybridized carbons (Fsp3) is 0.269. The molecule has 2 heterocycles. The van der Waals surface area contributed by atoms with Crippen LogP contribution in [0.4, 0.5) is 5.69 Å². The summed E-state index contributed by atoms with van der Waals surface area (Å²) in [5.41, 5.74) is 4.61. The number of esters is 1. The molecule has 6 nitrogen and oxygen atoms in total. The number of anilines is 1. The van der Waals surface area contributed by atoms with Gasteiger partial charge in [0.2, 0.25) is 11.7 Å². The highest BCUT2D eigenvalue weighted by atomic mass is 35.5. The molecule has 176 valence electrons. The van der Waals surface area contributed by atoms with Crippen LogP contribution in [0.3, 0.4) is 0 Å². The maximum atomic E-state index is 12.9. The van der Waals surface area contributed by atoms with E-state index in [1.807, 2.05) is 55.7 Å². The van der Waals surface area contributed by atoms with Gasteiger partial charge in [-0.25, -0.2) is 0 Å². The number of aryl methyl sites for hydroxylation is 2. The van der Waals surface area contributed by atoms with Crippen molar-refractivity contribution in [1.29, 1.82) is 0 Å². The molecule has 1 saturated heterocycles. The number of halogens is 2. The van der Waals surface area contributed by atoms with Crippen LogP contribution in [0.25, 0.3) is 5.69 Å². The van der Waals surface area contributed by atoms with Crippen LogP contribution < -0.4 is 4.90 Å². The minimum atomic E-state index is -0.606. The minimum Gasteiger partial charge on any atom is -0.457 e. The summed E-state index contributed by atoms with van der Waals surface area (Å²) < 4.78 is 7.22. The zero-order valence-electron chi connectivity index (χ0n) is 19.1. The Hall–Kier alpha value is -3.09. The van der Waals surface area contributed by atoms with E-state index in [9.17, 15) is 14.4 Å². The molecule has 0 N–H and O–H groups in total. The molecule has 1 aliphatic rings. The quantitative estimate of drug-likeness (QED) is 0.332. The largest absolute Gasteiger partial charge is 0.457 e. The molecule has 1 amide bonds. The fourth-order valence-corrected chi connectivity index (χ4v) is 4.53. The highest BCUT2D eigenvalue weighted by Crippen LogP contribution is 2.29. The zero-order chi connectivity index (χ0) is 24.6. The van der Waals surface area contributed by atoms with Gasteiger partial charge in [-0.05, 0) is 57.2 Å². The Morgan fingerprint density at radius 2 is 1.65 bits per heavy atom. The lowest BCUT2D eigenvalue weighted by molar-refractivity contribution is -0.147. The number of ether oxygens (including phenoxy) is 1. The monoisotopic (exact) mass is 498 g/mol. The van der Waals surface area contributed by atoms with E-state index in [1.165, 1.54) is 0 Å². The maximum absolute atomic E-state index is 12.9. The predicted octanol–water partition coefficient (Wildman–Crippen LogP) is 5.49. The van der Waals surface area contributed by atoms with Crippen LogP contribution >= 0.6 is 23.2 Å². The molecule has 3 aromatic rings. The first-order chi connectivity index (χ1) is 16.2. The number of ketones is 1. The summed E-state index contributed by atoms with van der Waals surface area (Å²) >= 11 is 12.2. The van der Waals surface area contributed by atoms with Crippen molar-refractivity contribution < 1.29 is 19.1 Å². The standard InChI is InChI=1S/C26H24Cl2N2O4/c1-15-4-6-19(7-5-15)29-13-18(11-25(29)32)26(33)34-14-24(31)21-10-16(2)30(17(21)3)20-8-9-22(27)23(28)12-20/h4-10,12,18H,11,13-14H2,1-3H3. The number of hydrogen-bond acceptors (Lipinski definition) is 4.